The average Bonchev–Trinajstić information content (AvgIpc) is 2.17. The molecule has 2 rings (SSSR count). The summed E-state index contributed by atoms with van der Waals surface area (Å²) in [6, 6.07) is 2.70. The van der Waals surface area contributed by atoms with Crippen molar-refractivity contribution in [2.24, 2.45) is 0 Å². The maximum absolute atomic E-state index is 11.4. The summed E-state index contributed by atoms with van der Waals surface area (Å²) in [5, 5.41) is 9.50. The van der Waals surface area contributed by atoms with Crippen LogP contribution in [-0.2, 0) is 0 Å². The molecule has 2 aromatic rings. The maximum Gasteiger partial charge on any atom is 0.362 e. The summed E-state index contributed by atoms with van der Waals surface area (Å²) in [5.74, 6) is 0. The van der Waals surface area contributed by atoms with Gasteiger partial charge in [0, 0.05) is 5.02 Å². The van der Waals surface area contributed by atoms with Crippen LogP contribution < -0.4 is 11.2 Å². The van der Waals surface area contributed by atoms with Crippen LogP contribution in [0.1, 0.15) is 0 Å². The predicted octanol–water partition coefficient (Wildman–Crippen LogP) is 1.23. The zero-order valence-electron chi connectivity index (χ0n) is 7.12. The Morgan fingerprint density at radius 3 is 2.60 bits per heavy atom. The van der Waals surface area contributed by atoms with Crippen LogP contribution in [0.5, 0.6) is 0 Å². The summed E-state index contributed by atoms with van der Waals surface area (Å²) in [4.78, 5) is 24.7. The Kier molecular flexibility index (Phi) is 2.21. The number of nitrogens with zero attached hydrogens (tertiary/aromatic N) is 1. The molecule has 15 heavy (non-hydrogen) atoms. The molecule has 1 aromatic heterocycles. The molecule has 0 radical (unpaired) electrons. The first-order chi connectivity index (χ1) is 7.00. The number of aromatic nitrogens is 2. The van der Waals surface area contributed by atoms with E-state index in [9.17, 15) is 9.59 Å². The molecule has 0 bridgehead atoms. The number of hydrogen-bond acceptors (Lipinski definition) is 3. The van der Waals surface area contributed by atoms with E-state index in [1.54, 1.807) is 0 Å². The zero-order valence-corrected chi connectivity index (χ0v) is 8.63. The lowest BCUT2D eigenvalue weighted by Gasteiger charge is -2.01. The lowest BCUT2D eigenvalue weighted by molar-refractivity contribution is 0.162. The van der Waals surface area contributed by atoms with Gasteiger partial charge in [-0.2, -0.15) is 0 Å². The normalized spacial score (nSPS) is 10.8. The number of H-pyrrole nitrogens is 1. The van der Waals surface area contributed by atoms with Crippen LogP contribution in [0.15, 0.2) is 21.7 Å². The van der Waals surface area contributed by atoms with Gasteiger partial charge < -0.3 is 10.2 Å². The van der Waals surface area contributed by atoms with E-state index in [0.717, 1.165) is 0 Å². The second-order valence-electron chi connectivity index (χ2n) is 2.86. The Labute approximate surface area is 92.4 Å². The van der Waals surface area contributed by atoms with Crippen molar-refractivity contribution in [2.75, 3.05) is 0 Å². The number of rotatable bonds is 0. The molecule has 0 unspecified atom stereocenters. The number of benzene rings is 1. The van der Waals surface area contributed by atoms with Crippen molar-refractivity contribution in [3.8, 4) is 0 Å². The molecule has 0 fully saturated rings. The van der Waals surface area contributed by atoms with Crippen LogP contribution in [-0.4, -0.2) is 14.9 Å². The van der Waals surface area contributed by atoms with Crippen molar-refractivity contribution in [3.63, 3.8) is 0 Å². The Bertz CT molecular complexity index is 659. The summed E-state index contributed by atoms with van der Waals surface area (Å²) in [7, 11) is 0. The van der Waals surface area contributed by atoms with E-state index in [0.29, 0.717) is 0 Å². The van der Waals surface area contributed by atoms with Gasteiger partial charge in [-0.05, 0) is 12.1 Å². The first kappa shape index (κ1) is 10.1. The van der Waals surface area contributed by atoms with Crippen LogP contribution in [0.3, 0.4) is 0 Å². The van der Waals surface area contributed by atoms with E-state index < -0.39 is 11.2 Å². The van der Waals surface area contributed by atoms with Crippen LogP contribution in [0, 0.1) is 0 Å². The van der Waals surface area contributed by atoms with Crippen LogP contribution in [0.25, 0.3) is 10.9 Å². The predicted molar refractivity (Wildman–Crippen MR) is 56.0 cm³/mol. The summed E-state index contributed by atoms with van der Waals surface area (Å²) in [6.45, 7) is 0. The third-order valence-corrected chi connectivity index (χ3v) is 2.42. The van der Waals surface area contributed by atoms with Crippen molar-refractivity contribution >= 4 is 34.1 Å². The van der Waals surface area contributed by atoms with Crippen molar-refractivity contribution in [2.45, 2.75) is 0 Å². The average molecular weight is 247 g/mol. The second-order valence-corrected chi connectivity index (χ2v) is 3.70. The number of aromatic amines is 1. The largest absolute Gasteiger partial charge is 0.421 e. The molecule has 0 amide bonds. The molecule has 0 aliphatic carbocycles. The van der Waals surface area contributed by atoms with Gasteiger partial charge in [-0.3, -0.25) is 4.79 Å². The minimum Gasteiger partial charge on any atom is -0.421 e. The Hall–Kier alpha value is -1.46. The van der Waals surface area contributed by atoms with E-state index in [1.807, 2.05) is 0 Å². The maximum atomic E-state index is 11.4. The fourth-order valence-corrected chi connectivity index (χ4v) is 1.78. The number of nitrogens with one attached hydrogen (secondary N) is 1. The molecule has 0 aliphatic heterocycles. The molecular formula is C8H4Cl2N2O3. The van der Waals surface area contributed by atoms with Gasteiger partial charge in [0.1, 0.15) is 0 Å². The van der Waals surface area contributed by atoms with Crippen LogP contribution >= 0.6 is 23.2 Å². The summed E-state index contributed by atoms with van der Waals surface area (Å²) >= 11 is 11.5. The van der Waals surface area contributed by atoms with E-state index in [-0.39, 0.29) is 25.7 Å². The lowest BCUT2D eigenvalue weighted by Crippen LogP contribution is -2.33. The highest BCUT2D eigenvalue weighted by molar-refractivity contribution is 6.38. The van der Waals surface area contributed by atoms with Crippen molar-refractivity contribution in [1.82, 2.24) is 9.71 Å². The quantitative estimate of drug-likeness (QED) is 0.687. The van der Waals surface area contributed by atoms with Gasteiger partial charge in [0.2, 0.25) is 0 Å². The summed E-state index contributed by atoms with van der Waals surface area (Å²) in [6.07, 6.45) is 0. The molecule has 0 saturated heterocycles. The molecule has 1 aromatic carbocycles. The molecule has 0 spiro atoms. The van der Waals surface area contributed by atoms with Crippen LogP contribution in [0.2, 0.25) is 10.0 Å². The minimum absolute atomic E-state index is 0.0327. The standard InChI is InChI=1S/C8H4Cl2N2O3/c9-3-1-4-6(5(10)2-3)11-8(14)12(15)7(4)13/h1-2,15H,(H,11,14). The second kappa shape index (κ2) is 3.29. The zero-order chi connectivity index (χ0) is 11.2. The summed E-state index contributed by atoms with van der Waals surface area (Å²) in [5.41, 5.74) is -1.66. The first-order valence-corrected chi connectivity index (χ1v) is 4.59. The molecule has 1 heterocycles. The number of fused-ring (bicyclic) bond motifs is 1. The van der Waals surface area contributed by atoms with E-state index in [1.165, 1.54) is 12.1 Å². The van der Waals surface area contributed by atoms with Gasteiger partial charge in [-0.15, -0.1) is 0 Å². The third kappa shape index (κ3) is 1.49. The smallest absolute Gasteiger partial charge is 0.362 e. The summed E-state index contributed by atoms with van der Waals surface area (Å²) < 4.78 is -0.0327. The van der Waals surface area contributed by atoms with Gasteiger partial charge >= 0.3 is 5.69 Å². The monoisotopic (exact) mass is 246 g/mol. The number of hydrogen-bond donors (Lipinski definition) is 2. The Morgan fingerprint density at radius 1 is 1.27 bits per heavy atom. The molecule has 0 saturated carbocycles. The van der Waals surface area contributed by atoms with Gasteiger partial charge in [0.15, 0.2) is 0 Å². The molecule has 2 N–H and O–H groups in total. The SMILES string of the molecule is O=c1[nH]c2c(Cl)cc(Cl)cc2c(=O)n1O. The topological polar surface area (TPSA) is 75.1 Å². The van der Waals surface area contributed by atoms with Gasteiger partial charge in [-0.25, -0.2) is 4.79 Å². The van der Waals surface area contributed by atoms with E-state index >= 15 is 0 Å². The van der Waals surface area contributed by atoms with E-state index in [2.05, 4.69) is 4.98 Å². The fraction of sp³-hybridized carbons (Fsp3) is 0. The number of halogens is 2. The van der Waals surface area contributed by atoms with E-state index in [4.69, 9.17) is 28.4 Å². The molecule has 7 heteroatoms. The molecule has 0 atom stereocenters. The molecule has 78 valence electrons. The van der Waals surface area contributed by atoms with Gasteiger partial charge in [0.05, 0.1) is 15.9 Å². The minimum atomic E-state index is -0.947. The lowest BCUT2D eigenvalue weighted by atomic mass is 10.2. The van der Waals surface area contributed by atoms with Crippen molar-refractivity contribution in [1.29, 1.82) is 0 Å². The van der Waals surface area contributed by atoms with Gasteiger partial charge in [-0.1, -0.05) is 27.9 Å². The first-order valence-electron chi connectivity index (χ1n) is 3.84. The Balaban J connectivity index is 3.13. The highest BCUT2D eigenvalue weighted by atomic mass is 35.5. The van der Waals surface area contributed by atoms with Crippen molar-refractivity contribution < 1.29 is 5.21 Å². The van der Waals surface area contributed by atoms with Gasteiger partial charge in [0.25, 0.3) is 5.56 Å². The highest BCUT2D eigenvalue weighted by Gasteiger charge is 2.09. The Morgan fingerprint density at radius 2 is 1.93 bits per heavy atom. The molecule has 5 nitrogen and oxygen atoms in total. The molecular weight excluding hydrogens is 243 g/mol. The van der Waals surface area contributed by atoms with Crippen molar-refractivity contribution in [3.05, 3.63) is 43.0 Å². The van der Waals surface area contributed by atoms with Crippen LogP contribution in [0.4, 0.5) is 0 Å². The fourth-order valence-electron chi connectivity index (χ4n) is 1.24. The highest BCUT2D eigenvalue weighted by Crippen LogP contribution is 2.23. The molecule has 0 aliphatic rings. The third-order valence-electron chi connectivity index (χ3n) is 1.90.